The SMILES string of the molecule is COC(=O)CC(SCC[N+](C)(C)C)C(=O)OCCC(F)(F)C(F)(F)C(F)(F)C(F)(F)F.Cc1ccc(S(=O)(=O)[O-])cc1. The van der Waals surface area contributed by atoms with Gasteiger partial charge in [-0.1, -0.05) is 17.7 Å². The van der Waals surface area contributed by atoms with Crippen LogP contribution in [-0.2, 0) is 29.2 Å². The summed E-state index contributed by atoms with van der Waals surface area (Å²) in [4.78, 5) is 23.2. The van der Waals surface area contributed by atoms with Crippen LogP contribution in [0.15, 0.2) is 29.2 Å². The lowest BCUT2D eigenvalue weighted by Gasteiger charge is -2.33. The highest BCUT2D eigenvalue weighted by Gasteiger charge is 2.81. The summed E-state index contributed by atoms with van der Waals surface area (Å²) in [5.74, 6) is -21.5. The van der Waals surface area contributed by atoms with E-state index in [0.29, 0.717) is 11.0 Å². The number of esters is 2. The monoisotopic (exact) mass is 667 g/mol. The molecule has 0 aliphatic carbocycles. The summed E-state index contributed by atoms with van der Waals surface area (Å²) in [5, 5.41) is -1.29. The number of alkyl halides is 9. The number of benzene rings is 1. The molecule has 244 valence electrons. The Kier molecular flexibility index (Phi) is 14.2. The second-order valence-electron chi connectivity index (χ2n) is 9.69. The molecular formula is C23H30F9NO7S2. The molecule has 19 heteroatoms. The van der Waals surface area contributed by atoms with E-state index >= 15 is 0 Å². The molecule has 0 spiro atoms. The Morgan fingerprint density at radius 1 is 0.952 bits per heavy atom. The number of hydrogen-bond donors (Lipinski definition) is 0. The van der Waals surface area contributed by atoms with E-state index in [1.165, 1.54) is 12.1 Å². The first kappa shape index (κ1) is 39.8. The fourth-order valence-corrected chi connectivity index (χ4v) is 4.42. The average Bonchev–Trinajstić information content (AvgIpc) is 2.81. The molecule has 0 fully saturated rings. The van der Waals surface area contributed by atoms with Gasteiger partial charge in [-0.2, -0.15) is 39.5 Å². The van der Waals surface area contributed by atoms with Gasteiger partial charge in [-0.25, -0.2) is 8.42 Å². The first-order valence-electron chi connectivity index (χ1n) is 11.6. The van der Waals surface area contributed by atoms with Gasteiger partial charge >= 0.3 is 35.9 Å². The van der Waals surface area contributed by atoms with Crippen molar-refractivity contribution in [2.45, 2.75) is 53.9 Å². The molecule has 1 aromatic rings. The Labute approximate surface area is 240 Å². The van der Waals surface area contributed by atoms with Gasteiger partial charge in [0.15, 0.2) is 0 Å². The highest BCUT2D eigenvalue weighted by atomic mass is 32.2. The zero-order chi connectivity index (χ0) is 33.4. The van der Waals surface area contributed by atoms with Crippen LogP contribution in [0.5, 0.6) is 0 Å². The lowest BCUT2D eigenvalue weighted by molar-refractivity contribution is -0.867. The van der Waals surface area contributed by atoms with Crippen LogP contribution in [0.4, 0.5) is 39.5 Å². The third kappa shape index (κ3) is 12.2. The summed E-state index contributed by atoms with van der Waals surface area (Å²) in [6, 6.07) is 5.78. The number of nitrogens with zero attached hydrogens (tertiary/aromatic N) is 1. The van der Waals surface area contributed by atoms with Crippen LogP contribution in [0.3, 0.4) is 0 Å². The van der Waals surface area contributed by atoms with Gasteiger partial charge in [-0.05, 0) is 19.1 Å². The molecule has 0 saturated carbocycles. The van der Waals surface area contributed by atoms with Gasteiger partial charge in [0.1, 0.15) is 15.4 Å². The predicted molar refractivity (Wildman–Crippen MR) is 131 cm³/mol. The average molecular weight is 668 g/mol. The van der Waals surface area contributed by atoms with Gasteiger partial charge in [0.2, 0.25) is 0 Å². The van der Waals surface area contributed by atoms with Gasteiger partial charge in [0.05, 0.1) is 59.1 Å². The zero-order valence-corrected chi connectivity index (χ0v) is 24.6. The number of carbonyl (C=O) groups excluding carboxylic acids is 2. The molecule has 8 nitrogen and oxygen atoms in total. The quantitative estimate of drug-likeness (QED) is 0.129. The van der Waals surface area contributed by atoms with Crippen molar-refractivity contribution in [1.29, 1.82) is 0 Å². The van der Waals surface area contributed by atoms with Crippen molar-refractivity contribution in [2.24, 2.45) is 0 Å². The second-order valence-corrected chi connectivity index (χ2v) is 12.4. The third-order valence-corrected chi connectivity index (χ3v) is 7.13. The molecule has 0 heterocycles. The molecule has 1 rings (SSSR count). The van der Waals surface area contributed by atoms with Crippen molar-refractivity contribution in [3.05, 3.63) is 29.8 Å². The van der Waals surface area contributed by atoms with E-state index in [1.807, 2.05) is 28.1 Å². The van der Waals surface area contributed by atoms with E-state index < -0.39 is 70.7 Å². The topological polar surface area (TPSA) is 110 Å². The number of rotatable bonds is 13. The number of halogens is 9. The fourth-order valence-electron chi connectivity index (χ4n) is 2.56. The number of hydrogen-bond acceptors (Lipinski definition) is 8. The minimum Gasteiger partial charge on any atom is -0.744 e. The van der Waals surface area contributed by atoms with E-state index in [4.69, 9.17) is 0 Å². The Morgan fingerprint density at radius 3 is 1.86 bits per heavy atom. The van der Waals surface area contributed by atoms with Gasteiger partial charge in [0, 0.05) is 5.75 Å². The Balaban J connectivity index is 0.00000126. The van der Waals surface area contributed by atoms with Crippen molar-refractivity contribution in [3.63, 3.8) is 0 Å². The molecule has 0 N–H and O–H groups in total. The van der Waals surface area contributed by atoms with Crippen LogP contribution in [0.1, 0.15) is 18.4 Å². The molecule has 0 saturated heterocycles. The number of carbonyl (C=O) groups is 2. The Bertz CT molecular complexity index is 1140. The molecular weight excluding hydrogens is 637 g/mol. The molecule has 0 aromatic heterocycles. The number of ether oxygens (including phenoxy) is 2. The summed E-state index contributed by atoms with van der Waals surface area (Å²) in [5.41, 5.74) is 0.928. The molecule has 42 heavy (non-hydrogen) atoms. The number of aryl methyl sites for hydroxylation is 1. The fraction of sp³-hybridized carbons (Fsp3) is 0.652. The Morgan fingerprint density at radius 2 is 1.45 bits per heavy atom. The minimum absolute atomic E-state index is 0.178. The van der Waals surface area contributed by atoms with Gasteiger partial charge in [-0.15, -0.1) is 11.8 Å². The molecule has 0 aliphatic heterocycles. The van der Waals surface area contributed by atoms with Crippen molar-refractivity contribution in [3.8, 4) is 0 Å². The summed E-state index contributed by atoms with van der Waals surface area (Å²) in [6.07, 6.45) is -9.79. The number of methoxy groups -OCH3 is 1. The van der Waals surface area contributed by atoms with E-state index in [2.05, 4.69) is 9.47 Å². The van der Waals surface area contributed by atoms with Crippen LogP contribution >= 0.6 is 11.8 Å². The van der Waals surface area contributed by atoms with Crippen molar-refractivity contribution >= 4 is 33.8 Å². The maximum atomic E-state index is 13.5. The van der Waals surface area contributed by atoms with Crippen molar-refractivity contribution < 1.29 is 76.0 Å². The van der Waals surface area contributed by atoms with Crippen molar-refractivity contribution in [2.75, 3.05) is 47.2 Å². The third-order valence-electron chi connectivity index (χ3n) is 5.10. The van der Waals surface area contributed by atoms with E-state index in [0.717, 1.165) is 24.4 Å². The highest BCUT2D eigenvalue weighted by Crippen LogP contribution is 2.54. The summed E-state index contributed by atoms with van der Waals surface area (Å²) in [6.45, 7) is 0.733. The molecule has 1 aromatic carbocycles. The largest absolute Gasteiger partial charge is 0.744 e. The van der Waals surface area contributed by atoms with Crippen LogP contribution in [0.25, 0.3) is 0 Å². The van der Waals surface area contributed by atoms with Crippen LogP contribution in [0.2, 0.25) is 0 Å². The van der Waals surface area contributed by atoms with Crippen LogP contribution < -0.4 is 0 Å². The van der Waals surface area contributed by atoms with E-state index in [-0.39, 0.29) is 10.6 Å². The smallest absolute Gasteiger partial charge is 0.460 e. The maximum Gasteiger partial charge on any atom is 0.460 e. The van der Waals surface area contributed by atoms with Crippen LogP contribution in [0, 0.1) is 6.92 Å². The lowest BCUT2D eigenvalue weighted by Crippen LogP contribution is -2.61. The number of quaternary nitrogens is 1. The molecule has 0 bridgehead atoms. The molecule has 1 unspecified atom stereocenters. The van der Waals surface area contributed by atoms with E-state index in [1.54, 1.807) is 12.1 Å². The molecule has 0 radical (unpaired) electrons. The first-order valence-corrected chi connectivity index (χ1v) is 14.0. The predicted octanol–water partition coefficient (Wildman–Crippen LogP) is 4.66. The molecule has 0 amide bonds. The summed E-state index contributed by atoms with van der Waals surface area (Å²) < 4.78 is 156. The lowest BCUT2D eigenvalue weighted by atomic mass is 10.0. The molecule has 1 atom stereocenters. The van der Waals surface area contributed by atoms with Gasteiger partial charge in [-0.3, -0.25) is 9.59 Å². The molecule has 0 aliphatic rings. The summed E-state index contributed by atoms with van der Waals surface area (Å²) in [7, 11) is 2.17. The van der Waals surface area contributed by atoms with Crippen molar-refractivity contribution in [1.82, 2.24) is 0 Å². The summed E-state index contributed by atoms with van der Waals surface area (Å²) >= 11 is 0.876. The van der Waals surface area contributed by atoms with Gasteiger partial charge in [0.25, 0.3) is 0 Å². The second kappa shape index (κ2) is 15.0. The first-order chi connectivity index (χ1) is 18.7. The highest BCUT2D eigenvalue weighted by molar-refractivity contribution is 8.00. The normalized spacial score (nSPS) is 14.0. The standard InChI is InChI=1S/C16H23F9NO4S.C7H8O3S/c1-26(2,3)6-8-31-10(9-11(27)29-4)12(28)30-7-5-13(17,18)14(19,20)15(21,22)16(23,24)25;1-6-2-4-7(5-3-6)11(8,9)10/h10H,5-9H2,1-4H3;2-5H,1H3,(H,8,9,10)/q+1;/p-1. The Hall–Kier alpha value is -2.25. The zero-order valence-electron chi connectivity index (χ0n) is 22.9. The van der Waals surface area contributed by atoms with Crippen LogP contribution in [-0.4, -0.2) is 106 Å². The van der Waals surface area contributed by atoms with Gasteiger partial charge < -0.3 is 18.5 Å². The minimum atomic E-state index is -7.01. The number of thioether (sulfide) groups is 1. The maximum absolute atomic E-state index is 13.5. The van der Waals surface area contributed by atoms with E-state index in [9.17, 15) is 62.1 Å².